The molecule has 0 spiro atoms. The van der Waals surface area contributed by atoms with Crippen molar-refractivity contribution in [2.24, 2.45) is 5.92 Å². The van der Waals surface area contributed by atoms with Gasteiger partial charge in [0, 0.05) is 12.6 Å². The number of nitrogens with zero attached hydrogens (tertiary/aromatic N) is 1. The lowest BCUT2D eigenvalue weighted by molar-refractivity contribution is -0.163. The second-order valence-corrected chi connectivity index (χ2v) is 5.59. The SMILES string of the molecule is CC(C)CN(CC(F)(F)F)C(=O)COc1ccc2c(c1)OCO2. The van der Waals surface area contributed by atoms with Crippen LogP contribution in [0.25, 0.3) is 0 Å². The average Bonchev–Trinajstić information content (AvgIpc) is 2.89. The second-order valence-electron chi connectivity index (χ2n) is 5.59. The average molecular weight is 333 g/mol. The molecule has 0 aliphatic carbocycles. The van der Waals surface area contributed by atoms with Crippen LogP contribution < -0.4 is 14.2 Å². The molecule has 1 aliphatic rings. The Balaban J connectivity index is 1.95. The fraction of sp³-hybridized carbons (Fsp3) is 0.533. The summed E-state index contributed by atoms with van der Waals surface area (Å²) in [6.45, 7) is 1.86. The van der Waals surface area contributed by atoms with E-state index in [0.717, 1.165) is 4.90 Å². The van der Waals surface area contributed by atoms with Crippen molar-refractivity contribution < 1.29 is 32.2 Å². The number of hydrogen-bond acceptors (Lipinski definition) is 4. The maximum Gasteiger partial charge on any atom is 0.406 e. The van der Waals surface area contributed by atoms with E-state index in [0.29, 0.717) is 17.2 Å². The number of fused-ring (bicyclic) bond motifs is 1. The molecule has 23 heavy (non-hydrogen) atoms. The van der Waals surface area contributed by atoms with Crippen LogP contribution in [0.4, 0.5) is 13.2 Å². The Kier molecular flexibility index (Phi) is 5.23. The van der Waals surface area contributed by atoms with Gasteiger partial charge in [-0.3, -0.25) is 4.79 Å². The van der Waals surface area contributed by atoms with E-state index in [1.165, 1.54) is 6.07 Å². The lowest BCUT2D eigenvalue weighted by Crippen LogP contribution is -2.43. The summed E-state index contributed by atoms with van der Waals surface area (Å²) in [6.07, 6.45) is -4.44. The summed E-state index contributed by atoms with van der Waals surface area (Å²) in [5, 5.41) is 0. The lowest BCUT2D eigenvalue weighted by Gasteiger charge is -2.25. The first-order valence-corrected chi connectivity index (χ1v) is 7.11. The third-order valence-electron chi connectivity index (χ3n) is 3.01. The van der Waals surface area contributed by atoms with Crippen LogP contribution in [0.5, 0.6) is 17.2 Å². The van der Waals surface area contributed by atoms with E-state index in [9.17, 15) is 18.0 Å². The van der Waals surface area contributed by atoms with E-state index < -0.39 is 25.2 Å². The summed E-state index contributed by atoms with van der Waals surface area (Å²) in [7, 11) is 0. The van der Waals surface area contributed by atoms with Crippen LogP contribution in [-0.4, -0.2) is 43.5 Å². The zero-order chi connectivity index (χ0) is 17.0. The Labute approximate surface area is 131 Å². The smallest absolute Gasteiger partial charge is 0.406 e. The van der Waals surface area contributed by atoms with Gasteiger partial charge in [-0.1, -0.05) is 13.8 Å². The maximum atomic E-state index is 12.6. The number of alkyl halides is 3. The molecule has 2 rings (SSSR count). The minimum atomic E-state index is -4.44. The van der Waals surface area contributed by atoms with Crippen molar-refractivity contribution in [2.75, 3.05) is 26.5 Å². The molecule has 0 aromatic heterocycles. The molecule has 0 atom stereocenters. The van der Waals surface area contributed by atoms with Gasteiger partial charge in [-0.25, -0.2) is 0 Å². The molecule has 5 nitrogen and oxygen atoms in total. The normalized spacial score (nSPS) is 13.3. The van der Waals surface area contributed by atoms with Gasteiger partial charge >= 0.3 is 6.18 Å². The number of carbonyl (C=O) groups excluding carboxylic acids is 1. The topological polar surface area (TPSA) is 48.0 Å². The van der Waals surface area contributed by atoms with Gasteiger partial charge in [-0.15, -0.1) is 0 Å². The predicted octanol–water partition coefficient (Wildman–Crippen LogP) is 2.84. The van der Waals surface area contributed by atoms with Crippen LogP contribution in [0.2, 0.25) is 0 Å². The van der Waals surface area contributed by atoms with E-state index >= 15 is 0 Å². The number of carbonyl (C=O) groups is 1. The molecule has 1 aliphatic heterocycles. The van der Waals surface area contributed by atoms with Crippen molar-refractivity contribution in [3.05, 3.63) is 18.2 Å². The summed E-state index contributed by atoms with van der Waals surface area (Å²) in [4.78, 5) is 12.8. The number of benzene rings is 1. The summed E-state index contributed by atoms with van der Waals surface area (Å²) in [5.74, 6) is 0.575. The van der Waals surface area contributed by atoms with Crippen LogP contribution in [0, 0.1) is 5.92 Å². The molecule has 0 fully saturated rings. The van der Waals surface area contributed by atoms with E-state index in [1.54, 1.807) is 26.0 Å². The van der Waals surface area contributed by atoms with Gasteiger partial charge < -0.3 is 19.1 Å². The van der Waals surface area contributed by atoms with Gasteiger partial charge in [0.05, 0.1) is 0 Å². The van der Waals surface area contributed by atoms with E-state index in [1.807, 2.05) is 0 Å². The molecule has 0 N–H and O–H groups in total. The van der Waals surface area contributed by atoms with Gasteiger partial charge in [0.2, 0.25) is 6.79 Å². The molecular weight excluding hydrogens is 315 g/mol. The highest BCUT2D eigenvalue weighted by Gasteiger charge is 2.33. The summed E-state index contributed by atoms with van der Waals surface area (Å²) >= 11 is 0. The molecule has 0 unspecified atom stereocenters. The highest BCUT2D eigenvalue weighted by atomic mass is 19.4. The number of ether oxygens (including phenoxy) is 3. The zero-order valence-electron chi connectivity index (χ0n) is 12.9. The van der Waals surface area contributed by atoms with Crippen molar-refractivity contribution in [3.63, 3.8) is 0 Å². The molecule has 1 amide bonds. The van der Waals surface area contributed by atoms with E-state index in [-0.39, 0.29) is 19.3 Å². The first kappa shape index (κ1) is 17.2. The van der Waals surface area contributed by atoms with Gasteiger partial charge in [-0.2, -0.15) is 13.2 Å². The van der Waals surface area contributed by atoms with E-state index in [2.05, 4.69) is 0 Å². The number of hydrogen-bond donors (Lipinski definition) is 0. The zero-order valence-corrected chi connectivity index (χ0v) is 12.9. The molecule has 0 bridgehead atoms. The summed E-state index contributed by atoms with van der Waals surface area (Å²) in [6, 6.07) is 4.72. The van der Waals surface area contributed by atoms with Gasteiger partial charge in [0.15, 0.2) is 18.1 Å². The number of rotatable bonds is 6. The largest absolute Gasteiger partial charge is 0.484 e. The van der Waals surface area contributed by atoms with Crippen LogP contribution in [0.1, 0.15) is 13.8 Å². The van der Waals surface area contributed by atoms with Crippen LogP contribution in [0.15, 0.2) is 18.2 Å². The Morgan fingerprint density at radius 1 is 1.30 bits per heavy atom. The molecule has 8 heteroatoms. The summed E-state index contributed by atoms with van der Waals surface area (Å²) < 4.78 is 53.3. The minimum absolute atomic E-state index is 0.0167. The molecule has 0 saturated carbocycles. The van der Waals surface area contributed by atoms with Gasteiger partial charge in [0.1, 0.15) is 12.3 Å². The Bertz CT molecular complexity index is 560. The van der Waals surface area contributed by atoms with Gasteiger partial charge in [-0.05, 0) is 18.1 Å². The van der Waals surface area contributed by atoms with Crippen LogP contribution in [-0.2, 0) is 4.79 Å². The van der Waals surface area contributed by atoms with E-state index in [4.69, 9.17) is 14.2 Å². The van der Waals surface area contributed by atoms with Crippen LogP contribution in [0.3, 0.4) is 0 Å². The molecule has 1 heterocycles. The molecular formula is C15H18F3NO4. The highest BCUT2D eigenvalue weighted by molar-refractivity contribution is 5.77. The lowest BCUT2D eigenvalue weighted by atomic mass is 10.2. The monoisotopic (exact) mass is 333 g/mol. The minimum Gasteiger partial charge on any atom is -0.484 e. The second kappa shape index (κ2) is 6.97. The van der Waals surface area contributed by atoms with Crippen LogP contribution >= 0.6 is 0 Å². The van der Waals surface area contributed by atoms with Crippen molar-refractivity contribution in [1.82, 2.24) is 4.90 Å². The van der Waals surface area contributed by atoms with Crippen molar-refractivity contribution in [1.29, 1.82) is 0 Å². The Morgan fingerprint density at radius 2 is 2.00 bits per heavy atom. The Hall–Kier alpha value is -2.12. The fourth-order valence-electron chi connectivity index (χ4n) is 2.11. The third-order valence-corrected chi connectivity index (χ3v) is 3.01. The van der Waals surface area contributed by atoms with Gasteiger partial charge in [0.25, 0.3) is 5.91 Å². The van der Waals surface area contributed by atoms with Crippen molar-refractivity contribution in [2.45, 2.75) is 20.0 Å². The standard InChI is InChI=1S/C15H18F3NO4/c1-10(2)6-19(8-15(16,17)18)14(20)7-21-11-3-4-12-13(5-11)23-9-22-12/h3-5,10H,6-9H2,1-2H3. The Morgan fingerprint density at radius 3 is 2.65 bits per heavy atom. The predicted molar refractivity (Wildman–Crippen MR) is 75.5 cm³/mol. The number of amides is 1. The van der Waals surface area contributed by atoms with Crippen molar-refractivity contribution >= 4 is 5.91 Å². The highest BCUT2D eigenvalue weighted by Crippen LogP contribution is 2.35. The fourth-order valence-corrected chi connectivity index (χ4v) is 2.11. The molecule has 0 radical (unpaired) electrons. The molecule has 1 aromatic carbocycles. The first-order valence-electron chi connectivity index (χ1n) is 7.11. The molecule has 0 saturated heterocycles. The molecule has 1 aromatic rings. The molecule has 128 valence electrons. The quantitative estimate of drug-likeness (QED) is 0.803. The number of halogens is 3. The first-order chi connectivity index (χ1) is 10.7. The summed E-state index contributed by atoms with van der Waals surface area (Å²) in [5.41, 5.74) is 0. The third kappa shape index (κ3) is 5.22. The van der Waals surface area contributed by atoms with Crippen molar-refractivity contribution in [3.8, 4) is 17.2 Å². The maximum absolute atomic E-state index is 12.6.